The summed E-state index contributed by atoms with van der Waals surface area (Å²) in [6.45, 7) is 3.21. The maximum absolute atomic E-state index is 4.50. The molecule has 108 valence electrons. The van der Waals surface area contributed by atoms with E-state index in [-0.39, 0.29) is 0 Å². The maximum atomic E-state index is 4.50. The predicted molar refractivity (Wildman–Crippen MR) is 83.2 cm³/mol. The molecular weight excluding hydrogens is 302 g/mol. The third-order valence-electron chi connectivity index (χ3n) is 4.24. The lowest BCUT2D eigenvalue weighted by atomic mass is 9.84. The number of rotatable bonds is 6. The van der Waals surface area contributed by atoms with Gasteiger partial charge in [-0.2, -0.15) is 5.10 Å². The quantitative estimate of drug-likeness (QED) is 0.844. The van der Waals surface area contributed by atoms with Crippen LogP contribution in [0.2, 0.25) is 0 Å². The van der Waals surface area contributed by atoms with Gasteiger partial charge in [0.15, 0.2) is 0 Å². The normalized spacial score (nSPS) is 18.7. The molecule has 0 bridgehead atoms. The summed E-state index contributed by atoms with van der Waals surface area (Å²) in [5.74, 6) is 0.878. The summed E-state index contributed by atoms with van der Waals surface area (Å²) in [5, 5.41) is 8.00. The van der Waals surface area contributed by atoms with Gasteiger partial charge in [0.1, 0.15) is 0 Å². The van der Waals surface area contributed by atoms with E-state index >= 15 is 0 Å². The summed E-state index contributed by atoms with van der Waals surface area (Å²) >= 11 is 3.67. The van der Waals surface area contributed by atoms with Crippen molar-refractivity contribution in [3.05, 3.63) is 16.4 Å². The molecule has 0 saturated heterocycles. The lowest BCUT2D eigenvalue weighted by Gasteiger charge is -2.27. The Morgan fingerprint density at radius 3 is 2.79 bits per heavy atom. The summed E-state index contributed by atoms with van der Waals surface area (Å²) in [5.41, 5.74) is 1.33. The second kappa shape index (κ2) is 7.44. The van der Waals surface area contributed by atoms with Crippen molar-refractivity contribution in [1.82, 2.24) is 15.1 Å². The average molecular weight is 328 g/mol. The van der Waals surface area contributed by atoms with Crippen LogP contribution < -0.4 is 5.32 Å². The fourth-order valence-corrected chi connectivity index (χ4v) is 3.80. The number of hydrogen-bond donors (Lipinski definition) is 1. The van der Waals surface area contributed by atoms with Gasteiger partial charge in [0.25, 0.3) is 0 Å². The highest BCUT2D eigenvalue weighted by Gasteiger charge is 2.23. The van der Waals surface area contributed by atoms with Crippen molar-refractivity contribution < 1.29 is 0 Å². The number of nitrogens with zero attached hydrogens (tertiary/aromatic N) is 2. The Morgan fingerprint density at radius 2 is 2.16 bits per heavy atom. The third kappa shape index (κ3) is 3.82. The fraction of sp³-hybridized carbons (Fsp3) is 0.800. The molecule has 1 aromatic rings. The zero-order valence-corrected chi connectivity index (χ0v) is 13.7. The van der Waals surface area contributed by atoms with E-state index in [1.807, 2.05) is 6.20 Å². The molecule has 1 N–H and O–H groups in total. The number of hydrogen-bond acceptors (Lipinski definition) is 2. The van der Waals surface area contributed by atoms with Crippen molar-refractivity contribution in [2.24, 2.45) is 5.92 Å². The van der Waals surface area contributed by atoms with Crippen LogP contribution in [0, 0.1) is 5.92 Å². The lowest BCUT2D eigenvalue weighted by molar-refractivity contribution is 0.298. The van der Waals surface area contributed by atoms with E-state index in [9.17, 15) is 0 Å². The largest absolute Gasteiger partial charge is 0.312 e. The molecule has 1 heterocycles. The number of aromatic nitrogens is 2. The standard InChI is InChI=1S/C15H26BrN3/c1-3-9-19-15(13(16)11-18-19)14(17-2)10-12-7-5-4-6-8-12/h11-12,14,17H,3-10H2,1-2H3. The molecule has 0 radical (unpaired) electrons. The van der Waals surface area contributed by atoms with Crippen molar-refractivity contribution in [2.75, 3.05) is 7.05 Å². The smallest absolute Gasteiger partial charge is 0.0695 e. The van der Waals surface area contributed by atoms with Gasteiger partial charge in [-0.05, 0) is 41.7 Å². The van der Waals surface area contributed by atoms with Crippen LogP contribution in [0.25, 0.3) is 0 Å². The predicted octanol–water partition coefficient (Wildman–Crippen LogP) is 4.29. The molecule has 1 aliphatic rings. The van der Waals surface area contributed by atoms with Crippen LogP contribution in [0.3, 0.4) is 0 Å². The number of nitrogens with one attached hydrogen (secondary N) is 1. The van der Waals surface area contributed by atoms with Gasteiger partial charge in [0.2, 0.25) is 0 Å². The second-order valence-electron chi connectivity index (χ2n) is 5.68. The maximum Gasteiger partial charge on any atom is 0.0695 e. The van der Waals surface area contributed by atoms with E-state index in [2.05, 4.69) is 45.0 Å². The van der Waals surface area contributed by atoms with E-state index in [0.29, 0.717) is 6.04 Å². The van der Waals surface area contributed by atoms with Crippen molar-refractivity contribution in [1.29, 1.82) is 0 Å². The first-order valence-electron chi connectivity index (χ1n) is 7.64. The molecule has 0 spiro atoms. The summed E-state index contributed by atoms with van der Waals surface area (Å²) in [6, 6.07) is 0.423. The first kappa shape index (κ1) is 15.0. The Bertz CT molecular complexity index is 383. The molecule has 2 rings (SSSR count). The van der Waals surface area contributed by atoms with Crippen LogP contribution >= 0.6 is 15.9 Å². The van der Waals surface area contributed by atoms with E-state index in [0.717, 1.165) is 23.4 Å². The Labute approximate surface area is 125 Å². The van der Waals surface area contributed by atoms with Gasteiger partial charge in [-0.1, -0.05) is 39.0 Å². The van der Waals surface area contributed by atoms with E-state index in [1.54, 1.807) is 0 Å². The van der Waals surface area contributed by atoms with Gasteiger partial charge in [-0.25, -0.2) is 0 Å². The van der Waals surface area contributed by atoms with E-state index in [1.165, 1.54) is 44.2 Å². The van der Waals surface area contributed by atoms with Gasteiger partial charge in [-0.15, -0.1) is 0 Å². The van der Waals surface area contributed by atoms with E-state index < -0.39 is 0 Å². The molecule has 4 heteroatoms. The SMILES string of the molecule is CCCn1ncc(Br)c1C(CC1CCCCC1)NC. The Balaban J connectivity index is 2.09. The van der Waals surface area contributed by atoms with Gasteiger partial charge < -0.3 is 5.32 Å². The van der Waals surface area contributed by atoms with Crippen LogP contribution in [-0.2, 0) is 6.54 Å². The average Bonchev–Trinajstić information content (AvgIpc) is 2.79. The molecule has 1 aliphatic carbocycles. The van der Waals surface area contributed by atoms with Crippen molar-refractivity contribution >= 4 is 15.9 Å². The molecule has 19 heavy (non-hydrogen) atoms. The Hall–Kier alpha value is -0.350. The fourth-order valence-electron chi connectivity index (χ4n) is 3.23. The molecule has 1 unspecified atom stereocenters. The van der Waals surface area contributed by atoms with Gasteiger partial charge in [0.05, 0.1) is 22.4 Å². The number of aryl methyl sites for hydroxylation is 1. The second-order valence-corrected chi connectivity index (χ2v) is 6.54. The monoisotopic (exact) mass is 327 g/mol. The minimum Gasteiger partial charge on any atom is -0.312 e. The first-order valence-corrected chi connectivity index (χ1v) is 8.44. The minimum absolute atomic E-state index is 0.423. The zero-order valence-electron chi connectivity index (χ0n) is 12.2. The highest BCUT2D eigenvalue weighted by molar-refractivity contribution is 9.10. The molecule has 0 amide bonds. The summed E-state index contributed by atoms with van der Waals surface area (Å²) < 4.78 is 3.31. The highest BCUT2D eigenvalue weighted by Crippen LogP contribution is 2.34. The first-order chi connectivity index (χ1) is 9.26. The van der Waals surface area contributed by atoms with Gasteiger partial charge in [-0.3, -0.25) is 4.68 Å². The summed E-state index contributed by atoms with van der Waals surface area (Å²) in [6.07, 6.45) is 11.4. The molecule has 1 fully saturated rings. The Kier molecular flexibility index (Phi) is 5.89. The topological polar surface area (TPSA) is 29.9 Å². The summed E-state index contributed by atoms with van der Waals surface area (Å²) in [7, 11) is 2.07. The van der Waals surface area contributed by atoms with Crippen molar-refractivity contribution in [2.45, 2.75) is 64.5 Å². The van der Waals surface area contributed by atoms with Crippen LogP contribution in [0.4, 0.5) is 0 Å². The number of halogens is 1. The summed E-state index contributed by atoms with van der Waals surface area (Å²) in [4.78, 5) is 0. The molecule has 1 atom stereocenters. The molecule has 0 aromatic carbocycles. The van der Waals surface area contributed by atoms with Crippen LogP contribution in [0.5, 0.6) is 0 Å². The molecule has 0 aliphatic heterocycles. The lowest BCUT2D eigenvalue weighted by Crippen LogP contribution is -2.24. The Morgan fingerprint density at radius 1 is 1.42 bits per heavy atom. The minimum atomic E-state index is 0.423. The van der Waals surface area contributed by atoms with Crippen LogP contribution in [0.15, 0.2) is 10.7 Å². The van der Waals surface area contributed by atoms with E-state index in [4.69, 9.17) is 0 Å². The van der Waals surface area contributed by atoms with Crippen LogP contribution in [0.1, 0.15) is 63.6 Å². The van der Waals surface area contributed by atoms with Crippen molar-refractivity contribution in [3.63, 3.8) is 0 Å². The van der Waals surface area contributed by atoms with Gasteiger partial charge in [0, 0.05) is 6.54 Å². The molecule has 3 nitrogen and oxygen atoms in total. The van der Waals surface area contributed by atoms with Gasteiger partial charge >= 0.3 is 0 Å². The highest BCUT2D eigenvalue weighted by atomic mass is 79.9. The molecule has 1 saturated carbocycles. The molecular formula is C15H26BrN3. The van der Waals surface area contributed by atoms with Crippen LogP contribution in [-0.4, -0.2) is 16.8 Å². The third-order valence-corrected chi connectivity index (χ3v) is 4.85. The molecule has 1 aromatic heterocycles. The zero-order chi connectivity index (χ0) is 13.7. The van der Waals surface area contributed by atoms with Crippen molar-refractivity contribution in [3.8, 4) is 0 Å².